The first-order chi connectivity index (χ1) is 14.4. The van der Waals surface area contributed by atoms with Gasteiger partial charge in [-0.25, -0.2) is 4.79 Å². The minimum atomic E-state index is -0.927. The number of ether oxygens (including phenoxy) is 3. The van der Waals surface area contributed by atoms with E-state index < -0.39 is 11.6 Å². The molecule has 4 atom stereocenters. The first-order valence-electron chi connectivity index (χ1n) is 10.8. The third-order valence-electron chi connectivity index (χ3n) is 7.18. The number of fused-ring (bicyclic) bond motifs is 6. The predicted molar refractivity (Wildman–Crippen MR) is 113 cm³/mol. The molecule has 2 aliphatic heterocycles. The second kappa shape index (κ2) is 7.02. The van der Waals surface area contributed by atoms with E-state index in [4.69, 9.17) is 14.2 Å². The number of benzene rings is 2. The van der Waals surface area contributed by atoms with Crippen LogP contribution in [0.2, 0.25) is 0 Å². The Bertz CT molecular complexity index is 995. The van der Waals surface area contributed by atoms with E-state index in [1.807, 2.05) is 6.07 Å². The maximum Gasteiger partial charge on any atom is 0.335 e. The Balaban J connectivity index is 1.58. The SMILES string of the molecule is COc1cccc2c1CCC[C@@H]1O[C@@H]3c4cc(C(=O)O)ccc4OC(C)(C)[C@H]3C[C@H]21. The Kier molecular flexibility index (Phi) is 4.55. The molecule has 2 heterocycles. The minimum absolute atomic E-state index is 0.106. The van der Waals surface area contributed by atoms with Crippen molar-refractivity contribution in [3.8, 4) is 11.5 Å². The minimum Gasteiger partial charge on any atom is -0.496 e. The van der Waals surface area contributed by atoms with Crippen LogP contribution < -0.4 is 9.47 Å². The third-order valence-corrected chi connectivity index (χ3v) is 7.18. The molecule has 0 amide bonds. The number of methoxy groups -OCH3 is 1. The molecule has 30 heavy (non-hydrogen) atoms. The lowest BCUT2D eigenvalue weighted by molar-refractivity contribution is -0.159. The molecule has 1 N–H and O–H groups in total. The number of carbonyl (C=O) groups is 1. The zero-order valence-electron chi connectivity index (χ0n) is 17.7. The highest BCUT2D eigenvalue weighted by Gasteiger charge is 2.51. The molecule has 0 unspecified atom stereocenters. The summed E-state index contributed by atoms with van der Waals surface area (Å²) in [6.07, 6.45) is 3.92. The zero-order valence-corrected chi connectivity index (χ0v) is 17.7. The maximum absolute atomic E-state index is 11.6. The molecule has 158 valence electrons. The van der Waals surface area contributed by atoms with E-state index in [1.54, 1.807) is 25.3 Å². The molecule has 0 bridgehead atoms. The normalized spacial score (nSPS) is 28.6. The number of hydrogen-bond donors (Lipinski definition) is 1. The molecular formula is C25H28O5. The Hall–Kier alpha value is -2.53. The molecule has 5 nitrogen and oxygen atoms in total. The molecule has 1 aliphatic carbocycles. The van der Waals surface area contributed by atoms with Crippen molar-refractivity contribution in [1.82, 2.24) is 0 Å². The summed E-state index contributed by atoms with van der Waals surface area (Å²) in [5, 5.41) is 9.47. The summed E-state index contributed by atoms with van der Waals surface area (Å²) in [6.45, 7) is 4.23. The summed E-state index contributed by atoms with van der Waals surface area (Å²) in [5.74, 6) is 1.19. The predicted octanol–water partition coefficient (Wildman–Crippen LogP) is 5.13. The van der Waals surface area contributed by atoms with Crippen molar-refractivity contribution in [2.45, 2.75) is 63.3 Å². The highest BCUT2D eigenvalue weighted by molar-refractivity contribution is 5.88. The van der Waals surface area contributed by atoms with Gasteiger partial charge in [-0.1, -0.05) is 12.1 Å². The van der Waals surface area contributed by atoms with E-state index in [0.717, 1.165) is 42.7 Å². The highest BCUT2D eigenvalue weighted by atomic mass is 16.5. The van der Waals surface area contributed by atoms with Crippen LogP contribution in [-0.2, 0) is 11.2 Å². The van der Waals surface area contributed by atoms with Gasteiger partial charge in [0, 0.05) is 17.4 Å². The van der Waals surface area contributed by atoms with E-state index in [-0.39, 0.29) is 29.6 Å². The molecule has 1 saturated heterocycles. The molecule has 0 spiro atoms. The molecule has 1 fully saturated rings. The van der Waals surface area contributed by atoms with Crippen LogP contribution in [0.1, 0.15) is 72.2 Å². The zero-order chi connectivity index (χ0) is 21.0. The Morgan fingerprint density at radius 2 is 2.03 bits per heavy atom. The summed E-state index contributed by atoms with van der Waals surface area (Å²) in [4.78, 5) is 11.6. The van der Waals surface area contributed by atoms with Crippen LogP contribution in [0.5, 0.6) is 11.5 Å². The van der Waals surface area contributed by atoms with Gasteiger partial charge in [-0.2, -0.15) is 0 Å². The van der Waals surface area contributed by atoms with Crippen molar-refractivity contribution in [3.63, 3.8) is 0 Å². The topological polar surface area (TPSA) is 65.0 Å². The average molecular weight is 408 g/mol. The fourth-order valence-electron chi connectivity index (χ4n) is 5.69. The van der Waals surface area contributed by atoms with Crippen LogP contribution in [-0.4, -0.2) is 29.9 Å². The van der Waals surface area contributed by atoms with Gasteiger partial charge in [0.2, 0.25) is 0 Å². The number of hydrogen-bond acceptors (Lipinski definition) is 4. The quantitative estimate of drug-likeness (QED) is 0.746. The third kappa shape index (κ3) is 2.99. The maximum atomic E-state index is 11.6. The van der Waals surface area contributed by atoms with Crippen LogP contribution in [0.4, 0.5) is 0 Å². The van der Waals surface area contributed by atoms with Crippen LogP contribution in [0, 0.1) is 5.92 Å². The molecule has 2 aromatic carbocycles. The number of rotatable bonds is 2. The largest absolute Gasteiger partial charge is 0.496 e. The molecule has 0 saturated carbocycles. The van der Waals surface area contributed by atoms with Crippen LogP contribution in [0.3, 0.4) is 0 Å². The van der Waals surface area contributed by atoms with Crippen LogP contribution >= 0.6 is 0 Å². The first kappa shape index (κ1) is 19.4. The smallest absolute Gasteiger partial charge is 0.335 e. The highest BCUT2D eigenvalue weighted by Crippen LogP contribution is 2.55. The molecule has 5 heteroatoms. The van der Waals surface area contributed by atoms with Crippen molar-refractivity contribution < 1.29 is 24.1 Å². The number of carboxylic acid groups (broad SMARTS) is 1. The summed E-state index contributed by atoms with van der Waals surface area (Å²) in [6, 6.07) is 11.5. The van der Waals surface area contributed by atoms with Crippen molar-refractivity contribution in [1.29, 1.82) is 0 Å². The standard InChI is InChI=1S/C25H28O5/c1-25(2)19-13-17-15-6-4-8-20(28-3)16(15)7-5-9-21(17)29-23(19)18-12-14(24(26)27)10-11-22(18)30-25/h4,6,8,10-12,17,19,21,23H,5,7,9,13H2,1-3H3,(H,26,27)/t17-,19+,21+,23-/m1/s1. The van der Waals surface area contributed by atoms with Crippen molar-refractivity contribution >= 4 is 5.97 Å². The van der Waals surface area contributed by atoms with Gasteiger partial charge >= 0.3 is 5.97 Å². The Labute approximate surface area is 177 Å². The van der Waals surface area contributed by atoms with Gasteiger partial charge < -0.3 is 19.3 Å². The van der Waals surface area contributed by atoms with Gasteiger partial charge in [0.05, 0.1) is 24.9 Å². The van der Waals surface area contributed by atoms with Crippen molar-refractivity contribution in [2.24, 2.45) is 5.92 Å². The van der Waals surface area contributed by atoms with Crippen molar-refractivity contribution in [2.75, 3.05) is 7.11 Å². The number of carboxylic acids is 1. The van der Waals surface area contributed by atoms with Gasteiger partial charge in [0.1, 0.15) is 17.1 Å². The second-order valence-corrected chi connectivity index (χ2v) is 9.23. The van der Waals surface area contributed by atoms with Crippen LogP contribution in [0.15, 0.2) is 36.4 Å². The van der Waals surface area contributed by atoms with E-state index in [0.29, 0.717) is 0 Å². The van der Waals surface area contributed by atoms with Crippen LogP contribution in [0.25, 0.3) is 0 Å². The summed E-state index contributed by atoms with van der Waals surface area (Å²) in [7, 11) is 1.74. The molecule has 5 rings (SSSR count). The van der Waals surface area contributed by atoms with Crippen molar-refractivity contribution in [3.05, 3.63) is 58.7 Å². The first-order valence-corrected chi connectivity index (χ1v) is 10.8. The lowest BCUT2D eigenvalue weighted by Crippen LogP contribution is -2.50. The molecule has 0 radical (unpaired) electrons. The number of aromatic carboxylic acids is 1. The van der Waals surface area contributed by atoms with E-state index in [9.17, 15) is 9.90 Å². The molecule has 2 aromatic rings. The fourth-order valence-corrected chi connectivity index (χ4v) is 5.69. The van der Waals surface area contributed by atoms with Gasteiger partial charge in [-0.15, -0.1) is 0 Å². The van der Waals surface area contributed by atoms with E-state index in [2.05, 4.69) is 26.0 Å². The van der Waals surface area contributed by atoms with Gasteiger partial charge in [0.15, 0.2) is 0 Å². The summed E-state index contributed by atoms with van der Waals surface area (Å²) in [5.41, 5.74) is 3.37. The molecule has 3 aliphatic rings. The Morgan fingerprint density at radius 3 is 2.80 bits per heavy atom. The molecular weight excluding hydrogens is 380 g/mol. The lowest BCUT2D eigenvalue weighted by Gasteiger charge is -2.51. The van der Waals surface area contributed by atoms with Gasteiger partial charge in [-0.05, 0) is 74.9 Å². The average Bonchev–Trinajstić information content (AvgIpc) is 2.91. The Morgan fingerprint density at radius 1 is 1.20 bits per heavy atom. The summed E-state index contributed by atoms with van der Waals surface area (Å²) >= 11 is 0. The van der Waals surface area contributed by atoms with E-state index >= 15 is 0 Å². The van der Waals surface area contributed by atoms with Gasteiger partial charge in [-0.3, -0.25) is 0 Å². The fraction of sp³-hybridized carbons (Fsp3) is 0.480. The van der Waals surface area contributed by atoms with Gasteiger partial charge in [0.25, 0.3) is 0 Å². The van der Waals surface area contributed by atoms with E-state index in [1.165, 1.54) is 11.1 Å². The summed E-state index contributed by atoms with van der Waals surface area (Å²) < 4.78 is 18.8. The molecule has 0 aromatic heterocycles. The second-order valence-electron chi connectivity index (χ2n) is 9.23. The monoisotopic (exact) mass is 408 g/mol. The lowest BCUT2D eigenvalue weighted by atomic mass is 9.70.